The average molecular weight is 219 g/mol. The maximum absolute atomic E-state index is 4.07. The van der Waals surface area contributed by atoms with Gasteiger partial charge in [0.25, 0.3) is 0 Å². The number of aromatic nitrogens is 2. The fourth-order valence-corrected chi connectivity index (χ4v) is 2.59. The zero-order valence-electron chi connectivity index (χ0n) is 10.0. The molecule has 3 heteroatoms. The molecule has 1 aliphatic rings. The van der Waals surface area contributed by atoms with E-state index >= 15 is 0 Å². The lowest BCUT2D eigenvalue weighted by Crippen LogP contribution is -2.26. The third-order valence-electron chi connectivity index (χ3n) is 3.47. The summed E-state index contributed by atoms with van der Waals surface area (Å²) in [5.41, 5.74) is 0. The molecule has 0 amide bonds. The molecule has 0 bridgehead atoms. The lowest BCUT2D eigenvalue weighted by atomic mass is 9.83. The van der Waals surface area contributed by atoms with Crippen molar-refractivity contribution in [2.75, 3.05) is 5.32 Å². The molecule has 0 unspecified atom stereocenters. The molecule has 0 saturated heterocycles. The minimum atomic E-state index is 0.602. The first-order valence-corrected chi connectivity index (χ1v) is 6.42. The molecule has 2 rings (SSSR count). The number of rotatable bonds is 4. The molecule has 1 saturated carbocycles. The molecule has 1 aromatic heterocycles. The first kappa shape index (κ1) is 11.4. The number of hydrogen-bond donors (Lipinski definition) is 1. The molecule has 1 N–H and O–H groups in total. The van der Waals surface area contributed by atoms with E-state index in [9.17, 15) is 0 Å². The third kappa shape index (κ3) is 3.19. The lowest BCUT2D eigenvalue weighted by Gasteiger charge is -2.29. The van der Waals surface area contributed by atoms with Gasteiger partial charge in [-0.2, -0.15) is 5.10 Å². The largest absolute Gasteiger partial charge is 0.366 e. The highest BCUT2D eigenvalue weighted by molar-refractivity contribution is 5.32. The Labute approximate surface area is 97.7 Å². The van der Waals surface area contributed by atoms with Crippen LogP contribution in [0, 0.1) is 5.92 Å². The van der Waals surface area contributed by atoms with Gasteiger partial charge in [0.2, 0.25) is 0 Å². The van der Waals surface area contributed by atoms with E-state index in [4.69, 9.17) is 0 Å². The molecule has 0 aromatic carbocycles. The predicted molar refractivity (Wildman–Crippen MR) is 66.3 cm³/mol. The Balaban J connectivity index is 1.77. The monoisotopic (exact) mass is 219 g/mol. The summed E-state index contributed by atoms with van der Waals surface area (Å²) in [5, 5.41) is 11.4. The molecule has 0 atom stereocenters. The molecule has 1 heterocycles. The normalized spacial score (nSPS) is 25.3. The van der Waals surface area contributed by atoms with Gasteiger partial charge in [-0.15, -0.1) is 5.10 Å². The first-order chi connectivity index (χ1) is 7.88. The number of nitrogens with zero attached hydrogens (tertiary/aromatic N) is 2. The lowest BCUT2D eigenvalue weighted by molar-refractivity contribution is 0.318. The Bertz CT molecular complexity index is 291. The van der Waals surface area contributed by atoms with Crippen LogP contribution in [0.3, 0.4) is 0 Å². The third-order valence-corrected chi connectivity index (χ3v) is 3.47. The summed E-state index contributed by atoms with van der Waals surface area (Å²) < 4.78 is 0. The van der Waals surface area contributed by atoms with E-state index in [1.165, 1.54) is 38.5 Å². The number of nitrogens with one attached hydrogen (secondary N) is 1. The van der Waals surface area contributed by atoms with Crippen molar-refractivity contribution in [1.82, 2.24) is 10.2 Å². The highest BCUT2D eigenvalue weighted by Crippen LogP contribution is 2.28. The standard InChI is InChI=1S/C13H21N3/c1-2-4-11-6-8-12(9-7-11)15-13-5-3-10-14-16-13/h3,5,10-12H,2,4,6-9H2,1H3,(H,15,16). The maximum atomic E-state index is 4.07. The summed E-state index contributed by atoms with van der Waals surface area (Å²) in [6.07, 6.45) is 9.73. The van der Waals surface area contributed by atoms with Gasteiger partial charge in [0.15, 0.2) is 0 Å². The summed E-state index contributed by atoms with van der Waals surface area (Å²) in [5.74, 6) is 1.88. The van der Waals surface area contributed by atoms with Crippen molar-refractivity contribution in [2.45, 2.75) is 51.5 Å². The van der Waals surface area contributed by atoms with Crippen LogP contribution in [-0.2, 0) is 0 Å². The SMILES string of the molecule is CCCC1CCC(Nc2cccnn2)CC1. The molecular formula is C13H21N3. The van der Waals surface area contributed by atoms with Gasteiger partial charge in [0.05, 0.1) is 0 Å². The van der Waals surface area contributed by atoms with Gasteiger partial charge in [-0.3, -0.25) is 0 Å². The fraction of sp³-hybridized carbons (Fsp3) is 0.692. The van der Waals surface area contributed by atoms with E-state index in [2.05, 4.69) is 22.4 Å². The van der Waals surface area contributed by atoms with Crippen molar-refractivity contribution in [2.24, 2.45) is 5.92 Å². The Hall–Kier alpha value is -1.12. The van der Waals surface area contributed by atoms with Crippen molar-refractivity contribution in [3.63, 3.8) is 0 Å². The van der Waals surface area contributed by atoms with Crippen LogP contribution in [0.4, 0.5) is 5.82 Å². The van der Waals surface area contributed by atoms with Crippen LogP contribution in [0.5, 0.6) is 0 Å². The zero-order valence-corrected chi connectivity index (χ0v) is 10.0. The van der Waals surface area contributed by atoms with Crippen LogP contribution in [-0.4, -0.2) is 16.2 Å². The van der Waals surface area contributed by atoms with Gasteiger partial charge in [-0.1, -0.05) is 19.8 Å². The van der Waals surface area contributed by atoms with Gasteiger partial charge < -0.3 is 5.32 Å². The van der Waals surface area contributed by atoms with Gasteiger partial charge in [0.1, 0.15) is 5.82 Å². The fourth-order valence-electron chi connectivity index (χ4n) is 2.59. The summed E-state index contributed by atoms with van der Waals surface area (Å²) in [6.45, 7) is 2.28. The Kier molecular flexibility index (Phi) is 4.14. The van der Waals surface area contributed by atoms with E-state index < -0.39 is 0 Å². The van der Waals surface area contributed by atoms with E-state index in [-0.39, 0.29) is 0 Å². The highest BCUT2D eigenvalue weighted by atomic mass is 15.2. The van der Waals surface area contributed by atoms with Crippen molar-refractivity contribution < 1.29 is 0 Å². The minimum absolute atomic E-state index is 0.602. The van der Waals surface area contributed by atoms with Crippen LogP contribution in [0.15, 0.2) is 18.3 Å². The van der Waals surface area contributed by atoms with E-state index in [0.29, 0.717) is 6.04 Å². The smallest absolute Gasteiger partial charge is 0.148 e. The van der Waals surface area contributed by atoms with E-state index in [1.54, 1.807) is 6.20 Å². The second-order valence-electron chi connectivity index (χ2n) is 4.76. The summed E-state index contributed by atoms with van der Waals surface area (Å²) >= 11 is 0. The number of anilines is 1. The van der Waals surface area contributed by atoms with E-state index in [0.717, 1.165) is 11.7 Å². The second kappa shape index (κ2) is 5.83. The van der Waals surface area contributed by atoms with Gasteiger partial charge in [0, 0.05) is 12.2 Å². The molecule has 0 aliphatic heterocycles. The molecule has 1 aromatic rings. The van der Waals surface area contributed by atoms with Gasteiger partial charge in [-0.25, -0.2) is 0 Å². The van der Waals surface area contributed by atoms with Crippen molar-refractivity contribution in [3.05, 3.63) is 18.3 Å². The molecule has 0 spiro atoms. The molecule has 3 nitrogen and oxygen atoms in total. The predicted octanol–water partition coefficient (Wildman–Crippen LogP) is 3.25. The van der Waals surface area contributed by atoms with Crippen LogP contribution in [0.1, 0.15) is 45.4 Å². The van der Waals surface area contributed by atoms with Crippen molar-refractivity contribution >= 4 is 5.82 Å². The second-order valence-corrected chi connectivity index (χ2v) is 4.76. The molecular weight excluding hydrogens is 198 g/mol. The molecule has 1 fully saturated rings. The quantitative estimate of drug-likeness (QED) is 0.844. The Morgan fingerprint density at radius 3 is 2.75 bits per heavy atom. The average Bonchev–Trinajstić information content (AvgIpc) is 2.33. The molecule has 16 heavy (non-hydrogen) atoms. The summed E-state index contributed by atoms with van der Waals surface area (Å²) in [4.78, 5) is 0. The minimum Gasteiger partial charge on any atom is -0.366 e. The van der Waals surface area contributed by atoms with Crippen molar-refractivity contribution in [3.8, 4) is 0 Å². The van der Waals surface area contributed by atoms with Gasteiger partial charge >= 0.3 is 0 Å². The topological polar surface area (TPSA) is 37.8 Å². The zero-order chi connectivity index (χ0) is 11.2. The summed E-state index contributed by atoms with van der Waals surface area (Å²) in [6, 6.07) is 4.52. The summed E-state index contributed by atoms with van der Waals surface area (Å²) in [7, 11) is 0. The Morgan fingerprint density at radius 1 is 1.31 bits per heavy atom. The maximum Gasteiger partial charge on any atom is 0.148 e. The van der Waals surface area contributed by atoms with E-state index in [1.807, 2.05) is 12.1 Å². The molecule has 1 aliphatic carbocycles. The van der Waals surface area contributed by atoms with Crippen LogP contribution in [0.2, 0.25) is 0 Å². The first-order valence-electron chi connectivity index (χ1n) is 6.42. The van der Waals surface area contributed by atoms with Crippen molar-refractivity contribution in [1.29, 1.82) is 0 Å². The van der Waals surface area contributed by atoms with Gasteiger partial charge in [-0.05, 0) is 43.7 Å². The van der Waals surface area contributed by atoms with Crippen LogP contribution >= 0.6 is 0 Å². The van der Waals surface area contributed by atoms with Crippen LogP contribution in [0.25, 0.3) is 0 Å². The molecule has 88 valence electrons. The van der Waals surface area contributed by atoms with Crippen LogP contribution < -0.4 is 5.32 Å². The Morgan fingerprint density at radius 2 is 2.12 bits per heavy atom. The highest BCUT2D eigenvalue weighted by Gasteiger charge is 2.20. The number of hydrogen-bond acceptors (Lipinski definition) is 3. The molecule has 0 radical (unpaired) electrons.